The van der Waals surface area contributed by atoms with E-state index in [2.05, 4.69) is 37.2 Å². The van der Waals surface area contributed by atoms with Crippen LogP contribution in [0.4, 0.5) is 30.7 Å². The molecule has 0 aliphatic heterocycles. The molecule has 1 amide bonds. The van der Waals surface area contributed by atoms with Crippen molar-refractivity contribution in [2.75, 3.05) is 0 Å². The molecular formula is C36H29F7N6O4. The fraction of sp³-hybridized carbons (Fsp3) is 0.306. The number of H-pyrrole nitrogens is 2. The van der Waals surface area contributed by atoms with Gasteiger partial charge in [0.05, 0.1) is 22.6 Å². The third-order valence-corrected chi connectivity index (χ3v) is 8.57. The van der Waals surface area contributed by atoms with E-state index in [1.54, 1.807) is 0 Å². The number of pyridine rings is 1. The second-order valence-corrected chi connectivity index (χ2v) is 13.2. The molecule has 4 N–H and O–H groups in total. The number of hydrogen-bond acceptors (Lipinski definition) is 6. The fourth-order valence-corrected chi connectivity index (χ4v) is 6.30. The van der Waals surface area contributed by atoms with Crippen LogP contribution < -0.4 is 16.6 Å². The maximum Gasteiger partial charge on any atom is 0.435 e. The molecule has 0 unspecified atom stereocenters. The predicted octanol–water partition coefficient (Wildman–Crippen LogP) is 5.28. The summed E-state index contributed by atoms with van der Waals surface area (Å²) in [5, 5.41) is 16.2. The van der Waals surface area contributed by atoms with Gasteiger partial charge in [-0.2, -0.15) is 27.1 Å². The van der Waals surface area contributed by atoms with E-state index in [1.165, 1.54) is 44.2 Å². The first-order valence-electron chi connectivity index (χ1n) is 16.0. The van der Waals surface area contributed by atoms with Crippen molar-refractivity contribution in [1.82, 2.24) is 30.0 Å². The van der Waals surface area contributed by atoms with E-state index in [1.807, 2.05) is 0 Å². The number of fused-ring (bicyclic) bond motifs is 2. The Labute approximate surface area is 295 Å². The van der Waals surface area contributed by atoms with Crippen molar-refractivity contribution in [3.63, 3.8) is 0 Å². The van der Waals surface area contributed by atoms with Gasteiger partial charge >= 0.3 is 11.9 Å². The number of nitrogens with one attached hydrogen (secondary N) is 3. The van der Waals surface area contributed by atoms with Gasteiger partial charge in [0.2, 0.25) is 5.91 Å². The molecule has 53 heavy (non-hydrogen) atoms. The van der Waals surface area contributed by atoms with E-state index in [9.17, 15) is 41.4 Å². The van der Waals surface area contributed by atoms with Gasteiger partial charge in [0.15, 0.2) is 5.69 Å². The van der Waals surface area contributed by atoms with Crippen LogP contribution in [-0.4, -0.2) is 41.3 Å². The Morgan fingerprint density at radius 3 is 2.43 bits per heavy atom. The Kier molecular flexibility index (Phi) is 9.31. The largest absolute Gasteiger partial charge is 0.435 e. The molecule has 17 heteroatoms. The van der Waals surface area contributed by atoms with Crippen molar-refractivity contribution < 1.29 is 40.6 Å². The molecule has 2 aromatic carbocycles. The number of hydrogen-bond donors (Lipinski definition) is 4. The summed E-state index contributed by atoms with van der Waals surface area (Å²) in [7, 11) is 0. The number of benzene rings is 2. The molecule has 3 heterocycles. The standard InChI is InChI=1S/C36H29F7N6O4/c1-17-11-25-30(36(41,42)43)48-49(31(25)35(17,39)40)16-27(50)45-26(14-18-12-19(37)15-20(38)13-18)29-23(8-7-21(44-29)9-10-34(2,3)53)22-5-4-6-24-28(22)46-33(52)47-32(24)51/h4-8,12-13,15,17,26,53H,11,14,16H2,1-3H3,(H,45,50)(H2,46,47,51,52)/t17-,26+/m1/s1. The van der Waals surface area contributed by atoms with Gasteiger partial charge in [0.25, 0.3) is 11.5 Å². The van der Waals surface area contributed by atoms with Gasteiger partial charge in [0, 0.05) is 28.7 Å². The monoisotopic (exact) mass is 742 g/mol. The maximum atomic E-state index is 15.2. The zero-order valence-corrected chi connectivity index (χ0v) is 28.1. The summed E-state index contributed by atoms with van der Waals surface area (Å²) in [6.07, 6.45) is -6.14. The van der Waals surface area contributed by atoms with Crippen LogP contribution in [0.5, 0.6) is 0 Å². The third-order valence-electron chi connectivity index (χ3n) is 8.57. The average molecular weight is 743 g/mol. The summed E-state index contributed by atoms with van der Waals surface area (Å²) >= 11 is 0. The second-order valence-electron chi connectivity index (χ2n) is 13.2. The number of rotatable bonds is 7. The first-order valence-corrected chi connectivity index (χ1v) is 16.0. The number of para-hydroxylation sites is 1. The lowest BCUT2D eigenvalue weighted by Gasteiger charge is -2.23. The van der Waals surface area contributed by atoms with Crippen LogP contribution in [0.15, 0.2) is 58.1 Å². The summed E-state index contributed by atoms with van der Waals surface area (Å²) in [5.74, 6) is -3.07. The number of aliphatic hydroxyl groups is 1. The molecule has 276 valence electrons. The van der Waals surface area contributed by atoms with E-state index in [0.29, 0.717) is 10.7 Å². The molecule has 0 spiro atoms. The summed E-state index contributed by atoms with van der Waals surface area (Å²) in [6.45, 7) is 2.77. The maximum absolute atomic E-state index is 15.2. The molecule has 6 rings (SSSR count). The lowest BCUT2D eigenvalue weighted by Crippen LogP contribution is -2.35. The fourth-order valence-electron chi connectivity index (χ4n) is 6.30. The summed E-state index contributed by atoms with van der Waals surface area (Å²) in [4.78, 5) is 48.0. The van der Waals surface area contributed by atoms with Crippen molar-refractivity contribution in [3.05, 3.63) is 115 Å². The van der Waals surface area contributed by atoms with Gasteiger partial charge in [-0.3, -0.25) is 19.3 Å². The lowest BCUT2D eigenvalue weighted by atomic mass is 9.93. The van der Waals surface area contributed by atoms with Crippen LogP contribution in [0.25, 0.3) is 22.0 Å². The average Bonchev–Trinajstić information content (AvgIpc) is 3.51. The van der Waals surface area contributed by atoms with Crippen LogP contribution >= 0.6 is 0 Å². The zero-order chi connectivity index (χ0) is 38.6. The topological polar surface area (TPSA) is 146 Å². The van der Waals surface area contributed by atoms with Crippen LogP contribution in [0.2, 0.25) is 0 Å². The van der Waals surface area contributed by atoms with Gasteiger partial charge in [-0.15, -0.1) is 0 Å². The van der Waals surface area contributed by atoms with Crippen molar-refractivity contribution in [3.8, 4) is 23.0 Å². The molecule has 0 radical (unpaired) electrons. The van der Waals surface area contributed by atoms with Crippen LogP contribution in [0, 0.1) is 29.4 Å². The van der Waals surface area contributed by atoms with Gasteiger partial charge in [-0.25, -0.2) is 18.6 Å². The first-order chi connectivity index (χ1) is 24.7. The molecule has 0 bridgehead atoms. The number of nitrogens with zero attached hydrogens (tertiary/aromatic N) is 3. The van der Waals surface area contributed by atoms with Crippen LogP contribution in [0.3, 0.4) is 0 Å². The SMILES string of the molecule is C[C@@H]1Cc2c(C(F)(F)F)nn(CC(=O)N[C@@H](Cc3cc(F)cc(F)c3)c3nc(C#CC(C)(C)O)ccc3-c3cccc4c(=O)[nH]c(=O)[nH]c34)c2C1(F)F. The van der Waals surface area contributed by atoms with Crippen molar-refractivity contribution in [2.45, 2.75) is 63.9 Å². The Morgan fingerprint density at radius 2 is 1.77 bits per heavy atom. The smallest absolute Gasteiger partial charge is 0.378 e. The predicted molar refractivity (Wildman–Crippen MR) is 177 cm³/mol. The van der Waals surface area contributed by atoms with Crippen molar-refractivity contribution in [2.24, 2.45) is 5.92 Å². The van der Waals surface area contributed by atoms with E-state index in [0.717, 1.165) is 19.1 Å². The Hall–Kier alpha value is -5.76. The van der Waals surface area contributed by atoms with E-state index in [4.69, 9.17) is 0 Å². The Balaban J connectivity index is 1.52. The second kappa shape index (κ2) is 13.3. The summed E-state index contributed by atoms with van der Waals surface area (Å²) in [6, 6.07) is 8.45. The first kappa shape index (κ1) is 37.0. The molecule has 0 saturated carbocycles. The van der Waals surface area contributed by atoms with Gasteiger partial charge in [-0.1, -0.05) is 25.0 Å². The number of halogens is 7. The molecule has 5 aromatic rings. The molecule has 0 fully saturated rings. The molecule has 10 nitrogen and oxygen atoms in total. The zero-order valence-electron chi connectivity index (χ0n) is 28.1. The number of amides is 1. The molecule has 2 atom stereocenters. The molecule has 1 aliphatic carbocycles. The van der Waals surface area contributed by atoms with Crippen molar-refractivity contribution >= 4 is 16.8 Å². The van der Waals surface area contributed by atoms with Crippen molar-refractivity contribution in [1.29, 1.82) is 0 Å². The van der Waals surface area contributed by atoms with E-state index >= 15 is 8.78 Å². The molecule has 0 saturated heterocycles. The molecule has 1 aliphatic rings. The molecule has 3 aromatic heterocycles. The Morgan fingerprint density at radius 1 is 1.08 bits per heavy atom. The van der Waals surface area contributed by atoms with Gasteiger partial charge in [-0.05, 0) is 68.5 Å². The Bertz CT molecular complexity index is 2430. The summed E-state index contributed by atoms with van der Waals surface area (Å²) < 4.78 is 101. The number of carbonyl (C=O) groups is 1. The lowest BCUT2D eigenvalue weighted by molar-refractivity contribution is -0.142. The van der Waals surface area contributed by atoms with Crippen LogP contribution in [-0.2, 0) is 36.3 Å². The minimum atomic E-state index is -5.10. The number of aromatic amines is 2. The highest BCUT2D eigenvalue weighted by molar-refractivity contribution is 5.93. The number of aromatic nitrogens is 5. The highest BCUT2D eigenvalue weighted by Gasteiger charge is 2.54. The van der Waals surface area contributed by atoms with E-state index < -0.39 is 94.8 Å². The normalized spacial score (nSPS) is 15.9. The number of carbonyl (C=O) groups excluding carboxylic acids is 1. The minimum Gasteiger partial charge on any atom is -0.378 e. The van der Waals surface area contributed by atoms with Crippen LogP contribution in [0.1, 0.15) is 60.7 Å². The quantitative estimate of drug-likeness (QED) is 0.132. The highest BCUT2D eigenvalue weighted by atomic mass is 19.4. The van der Waals surface area contributed by atoms with Gasteiger partial charge < -0.3 is 15.4 Å². The minimum absolute atomic E-state index is 0.0176. The third kappa shape index (κ3) is 7.58. The molecular weight excluding hydrogens is 713 g/mol. The summed E-state index contributed by atoms with van der Waals surface area (Å²) in [5.41, 5.74) is -6.05. The number of alkyl halides is 5. The van der Waals surface area contributed by atoms with E-state index in [-0.39, 0.29) is 39.0 Å². The van der Waals surface area contributed by atoms with Gasteiger partial charge in [0.1, 0.15) is 35.2 Å². The highest BCUT2D eigenvalue weighted by Crippen LogP contribution is 2.49.